The molecule has 1 rings (SSSR count). The van der Waals surface area contributed by atoms with Gasteiger partial charge in [0.25, 0.3) is 0 Å². The van der Waals surface area contributed by atoms with Gasteiger partial charge >= 0.3 is 0 Å². The summed E-state index contributed by atoms with van der Waals surface area (Å²) < 4.78 is 5.01. The van der Waals surface area contributed by atoms with Crippen LogP contribution >= 0.6 is 11.6 Å². The Morgan fingerprint density at radius 1 is 1.41 bits per heavy atom. The molecule has 0 N–H and O–H groups in total. The van der Waals surface area contributed by atoms with Gasteiger partial charge in [0.1, 0.15) is 12.1 Å². The standard InChI is InChI=1S/C12H20ClN3O/c1-9(2)11-5-12(15-8-14-11)16(3)6-10(13)7-17-4/h5,8-10H,6-7H2,1-4H3. The normalized spacial score (nSPS) is 12.8. The Balaban J connectivity index is 2.68. The van der Waals surface area contributed by atoms with E-state index in [1.54, 1.807) is 13.4 Å². The summed E-state index contributed by atoms with van der Waals surface area (Å²) in [5, 5.41) is -0.0394. The molecule has 1 heterocycles. The minimum atomic E-state index is -0.0394. The molecule has 5 heteroatoms. The zero-order valence-corrected chi connectivity index (χ0v) is 11.6. The van der Waals surface area contributed by atoms with E-state index in [0.717, 1.165) is 11.5 Å². The topological polar surface area (TPSA) is 38.2 Å². The van der Waals surface area contributed by atoms with E-state index >= 15 is 0 Å². The molecule has 96 valence electrons. The Hall–Kier alpha value is -0.870. The second-order valence-electron chi connectivity index (χ2n) is 4.39. The van der Waals surface area contributed by atoms with Crippen LogP contribution in [0.3, 0.4) is 0 Å². The Bertz CT molecular complexity index is 346. The first-order chi connectivity index (χ1) is 8.04. The molecule has 0 fully saturated rings. The van der Waals surface area contributed by atoms with Crippen molar-refractivity contribution < 1.29 is 4.74 Å². The summed E-state index contributed by atoms with van der Waals surface area (Å²) in [5.41, 5.74) is 1.04. The van der Waals surface area contributed by atoms with Gasteiger partial charge < -0.3 is 9.64 Å². The molecule has 0 aromatic carbocycles. The van der Waals surface area contributed by atoms with Gasteiger partial charge in [0.15, 0.2) is 0 Å². The molecule has 0 saturated heterocycles. The molecule has 0 spiro atoms. The minimum absolute atomic E-state index is 0.0394. The van der Waals surface area contributed by atoms with E-state index < -0.39 is 0 Å². The maximum Gasteiger partial charge on any atom is 0.131 e. The monoisotopic (exact) mass is 257 g/mol. The molecule has 0 saturated carbocycles. The van der Waals surface area contributed by atoms with E-state index in [0.29, 0.717) is 19.1 Å². The summed E-state index contributed by atoms with van der Waals surface area (Å²) in [6.07, 6.45) is 1.60. The van der Waals surface area contributed by atoms with Crippen molar-refractivity contribution >= 4 is 17.4 Å². The quantitative estimate of drug-likeness (QED) is 0.733. The number of anilines is 1. The molecule has 1 aromatic heterocycles. The van der Waals surface area contributed by atoms with E-state index in [4.69, 9.17) is 16.3 Å². The van der Waals surface area contributed by atoms with Gasteiger partial charge in [0.2, 0.25) is 0 Å². The lowest BCUT2D eigenvalue weighted by atomic mass is 10.1. The first-order valence-corrected chi connectivity index (χ1v) is 6.14. The highest BCUT2D eigenvalue weighted by atomic mass is 35.5. The van der Waals surface area contributed by atoms with Crippen LogP contribution in [0.1, 0.15) is 25.5 Å². The second-order valence-corrected chi connectivity index (χ2v) is 5.01. The highest BCUT2D eigenvalue weighted by Gasteiger charge is 2.11. The predicted molar refractivity (Wildman–Crippen MR) is 70.9 cm³/mol. The van der Waals surface area contributed by atoms with Gasteiger partial charge in [-0.15, -0.1) is 11.6 Å². The van der Waals surface area contributed by atoms with Gasteiger partial charge in [0.05, 0.1) is 12.0 Å². The molecule has 1 unspecified atom stereocenters. The highest BCUT2D eigenvalue weighted by Crippen LogP contribution is 2.16. The van der Waals surface area contributed by atoms with Crippen LogP contribution in [0.2, 0.25) is 0 Å². The molecule has 0 radical (unpaired) electrons. The van der Waals surface area contributed by atoms with Crippen molar-refractivity contribution in [1.82, 2.24) is 9.97 Å². The number of hydrogen-bond donors (Lipinski definition) is 0. The lowest BCUT2D eigenvalue weighted by molar-refractivity contribution is 0.199. The second kappa shape index (κ2) is 6.77. The van der Waals surface area contributed by atoms with E-state index in [9.17, 15) is 0 Å². The maximum atomic E-state index is 6.12. The highest BCUT2D eigenvalue weighted by molar-refractivity contribution is 6.21. The summed E-state index contributed by atoms with van der Waals surface area (Å²) >= 11 is 6.12. The molecule has 1 aromatic rings. The fourth-order valence-corrected chi connectivity index (χ4v) is 1.84. The Labute approximate surface area is 108 Å². The van der Waals surface area contributed by atoms with Crippen LogP contribution in [-0.2, 0) is 4.74 Å². The zero-order valence-electron chi connectivity index (χ0n) is 10.9. The molecular weight excluding hydrogens is 238 g/mol. The minimum Gasteiger partial charge on any atom is -0.383 e. The third-order valence-corrected chi connectivity index (χ3v) is 2.74. The summed E-state index contributed by atoms with van der Waals surface area (Å²) in [4.78, 5) is 10.5. The average molecular weight is 258 g/mol. The molecule has 1 atom stereocenters. The van der Waals surface area contributed by atoms with Crippen molar-refractivity contribution in [3.05, 3.63) is 18.1 Å². The van der Waals surface area contributed by atoms with Crippen LogP contribution in [0, 0.1) is 0 Å². The fraction of sp³-hybridized carbons (Fsp3) is 0.667. The van der Waals surface area contributed by atoms with E-state index in [-0.39, 0.29) is 5.38 Å². The number of halogens is 1. The number of ether oxygens (including phenoxy) is 1. The van der Waals surface area contributed by atoms with E-state index in [1.165, 1.54) is 0 Å². The lowest BCUT2D eigenvalue weighted by Crippen LogP contribution is -2.29. The molecule has 17 heavy (non-hydrogen) atoms. The fourth-order valence-electron chi connectivity index (χ4n) is 1.51. The average Bonchev–Trinajstić information content (AvgIpc) is 2.29. The number of hydrogen-bond acceptors (Lipinski definition) is 4. The molecule has 0 amide bonds. The molecule has 4 nitrogen and oxygen atoms in total. The van der Waals surface area contributed by atoms with Crippen LogP contribution in [0.4, 0.5) is 5.82 Å². The van der Waals surface area contributed by atoms with Gasteiger partial charge in [-0.3, -0.25) is 0 Å². The van der Waals surface area contributed by atoms with E-state index in [2.05, 4.69) is 23.8 Å². The predicted octanol–water partition coefficient (Wildman–Crippen LogP) is 2.29. The van der Waals surface area contributed by atoms with Gasteiger partial charge in [-0.2, -0.15) is 0 Å². The number of methoxy groups -OCH3 is 1. The number of alkyl halides is 1. The first kappa shape index (κ1) is 14.2. The summed E-state index contributed by atoms with van der Waals surface area (Å²) in [7, 11) is 3.62. The molecule has 0 aliphatic heterocycles. The smallest absolute Gasteiger partial charge is 0.131 e. The van der Waals surface area contributed by atoms with E-state index in [1.807, 2.05) is 18.0 Å². The lowest BCUT2D eigenvalue weighted by Gasteiger charge is -2.21. The SMILES string of the molecule is COCC(Cl)CN(C)c1cc(C(C)C)ncn1. The van der Waals surface area contributed by atoms with Crippen molar-refractivity contribution in [3.8, 4) is 0 Å². The molecule has 0 aliphatic rings. The van der Waals surface area contributed by atoms with Gasteiger partial charge in [-0.25, -0.2) is 9.97 Å². The molecular formula is C12H20ClN3O. The van der Waals surface area contributed by atoms with Crippen LogP contribution in [0.15, 0.2) is 12.4 Å². The third kappa shape index (κ3) is 4.48. The summed E-state index contributed by atoms with van der Waals surface area (Å²) in [6.45, 7) is 5.46. The van der Waals surface area contributed by atoms with Crippen LogP contribution in [0.5, 0.6) is 0 Å². The third-order valence-electron chi connectivity index (χ3n) is 2.48. The largest absolute Gasteiger partial charge is 0.383 e. The Morgan fingerprint density at radius 3 is 2.71 bits per heavy atom. The summed E-state index contributed by atoms with van der Waals surface area (Å²) in [6, 6.07) is 2.00. The van der Waals surface area contributed by atoms with Gasteiger partial charge in [-0.1, -0.05) is 13.8 Å². The van der Waals surface area contributed by atoms with Crippen LogP contribution in [0.25, 0.3) is 0 Å². The number of nitrogens with zero attached hydrogens (tertiary/aromatic N) is 3. The zero-order chi connectivity index (χ0) is 12.8. The van der Waals surface area contributed by atoms with Gasteiger partial charge in [-0.05, 0) is 5.92 Å². The van der Waals surface area contributed by atoms with Crippen molar-refractivity contribution in [2.24, 2.45) is 0 Å². The van der Waals surface area contributed by atoms with Crippen molar-refractivity contribution in [3.63, 3.8) is 0 Å². The van der Waals surface area contributed by atoms with Crippen LogP contribution < -0.4 is 4.90 Å². The van der Waals surface area contributed by atoms with Crippen LogP contribution in [-0.4, -0.2) is 42.7 Å². The molecule has 0 bridgehead atoms. The van der Waals surface area contributed by atoms with Crippen molar-refractivity contribution in [1.29, 1.82) is 0 Å². The maximum absolute atomic E-state index is 6.12. The van der Waals surface area contributed by atoms with Crippen molar-refractivity contribution in [2.75, 3.05) is 32.2 Å². The molecule has 0 aliphatic carbocycles. The van der Waals surface area contributed by atoms with Crippen molar-refractivity contribution in [2.45, 2.75) is 25.1 Å². The number of aromatic nitrogens is 2. The Kier molecular flexibility index (Phi) is 5.65. The number of rotatable bonds is 6. The van der Waals surface area contributed by atoms with Gasteiger partial charge in [0, 0.05) is 32.5 Å². The first-order valence-electron chi connectivity index (χ1n) is 5.70. The Morgan fingerprint density at radius 2 is 2.12 bits per heavy atom. The summed E-state index contributed by atoms with van der Waals surface area (Å²) in [5.74, 6) is 1.29.